The van der Waals surface area contributed by atoms with Crippen LogP contribution >= 0.6 is 0 Å². The molecule has 0 fully saturated rings. The highest BCUT2D eigenvalue weighted by Crippen LogP contribution is 2.23. The Morgan fingerprint density at radius 3 is 2.57 bits per heavy atom. The molecule has 2 aromatic carbocycles. The standard InChI is InChI=1S/C19H24N2O2/c1-4-23-18-9-6-15(12-17(18)20)7-10-19(22)21-16-8-5-13(2)14(3)11-16/h5-6,8-9,11-12H,4,7,10,20H2,1-3H3,(H,21,22). The van der Waals surface area contributed by atoms with Gasteiger partial charge in [0.2, 0.25) is 5.91 Å². The topological polar surface area (TPSA) is 64.3 Å². The van der Waals surface area contributed by atoms with Crippen molar-refractivity contribution in [3.8, 4) is 5.75 Å². The first-order chi connectivity index (χ1) is 11.0. The third kappa shape index (κ3) is 4.74. The largest absolute Gasteiger partial charge is 0.492 e. The quantitative estimate of drug-likeness (QED) is 0.796. The molecule has 0 aliphatic carbocycles. The second-order valence-electron chi connectivity index (χ2n) is 5.65. The van der Waals surface area contributed by atoms with Crippen LogP contribution in [0.5, 0.6) is 5.75 Å². The van der Waals surface area contributed by atoms with E-state index >= 15 is 0 Å². The maximum absolute atomic E-state index is 12.1. The zero-order chi connectivity index (χ0) is 16.8. The van der Waals surface area contributed by atoms with E-state index in [0.29, 0.717) is 30.9 Å². The fraction of sp³-hybridized carbons (Fsp3) is 0.316. The van der Waals surface area contributed by atoms with Gasteiger partial charge < -0.3 is 15.8 Å². The number of aryl methyl sites for hydroxylation is 3. The van der Waals surface area contributed by atoms with Crippen molar-refractivity contribution < 1.29 is 9.53 Å². The van der Waals surface area contributed by atoms with Gasteiger partial charge in [0.1, 0.15) is 5.75 Å². The molecule has 0 spiro atoms. The summed E-state index contributed by atoms with van der Waals surface area (Å²) in [4.78, 5) is 12.1. The van der Waals surface area contributed by atoms with Gasteiger partial charge in [-0.05, 0) is 68.1 Å². The van der Waals surface area contributed by atoms with Crippen LogP contribution in [0.4, 0.5) is 11.4 Å². The van der Waals surface area contributed by atoms with Crippen molar-refractivity contribution in [3.63, 3.8) is 0 Å². The van der Waals surface area contributed by atoms with Crippen molar-refractivity contribution in [1.29, 1.82) is 0 Å². The maximum Gasteiger partial charge on any atom is 0.224 e. The molecule has 0 unspecified atom stereocenters. The molecule has 0 saturated carbocycles. The van der Waals surface area contributed by atoms with Crippen LogP contribution < -0.4 is 15.8 Å². The van der Waals surface area contributed by atoms with Gasteiger partial charge in [0.05, 0.1) is 12.3 Å². The number of hydrogen-bond acceptors (Lipinski definition) is 3. The van der Waals surface area contributed by atoms with E-state index < -0.39 is 0 Å². The van der Waals surface area contributed by atoms with E-state index in [-0.39, 0.29) is 5.91 Å². The fourth-order valence-electron chi connectivity index (χ4n) is 2.34. The third-order valence-electron chi connectivity index (χ3n) is 3.81. The zero-order valence-electron chi connectivity index (χ0n) is 14.0. The Morgan fingerprint density at radius 2 is 1.91 bits per heavy atom. The van der Waals surface area contributed by atoms with Crippen LogP contribution in [-0.4, -0.2) is 12.5 Å². The van der Waals surface area contributed by atoms with Gasteiger partial charge in [-0.25, -0.2) is 0 Å². The molecule has 3 N–H and O–H groups in total. The summed E-state index contributed by atoms with van der Waals surface area (Å²) in [7, 11) is 0. The second kappa shape index (κ2) is 7.68. The van der Waals surface area contributed by atoms with Crippen LogP contribution in [0.15, 0.2) is 36.4 Å². The highest BCUT2D eigenvalue weighted by Gasteiger charge is 2.06. The molecule has 23 heavy (non-hydrogen) atoms. The van der Waals surface area contributed by atoms with Gasteiger partial charge in [0.25, 0.3) is 0 Å². The number of carbonyl (C=O) groups excluding carboxylic acids is 1. The van der Waals surface area contributed by atoms with Gasteiger partial charge in [0, 0.05) is 12.1 Å². The van der Waals surface area contributed by atoms with Crippen molar-refractivity contribution in [1.82, 2.24) is 0 Å². The lowest BCUT2D eigenvalue weighted by atomic mass is 10.1. The Kier molecular flexibility index (Phi) is 5.63. The number of hydrogen-bond donors (Lipinski definition) is 2. The van der Waals surface area contributed by atoms with Crippen LogP contribution in [0.25, 0.3) is 0 Å². The number of nitrogens with two attached hydrogens (primary N) is 1. The molecule has 4 heteroatoms. The summed E-state index contributed by atoms with van der Waals surface area (Å²) < 4.78 is 5.41. The van der Waals surface area contributed by atoms with Crippen LogP contribution in [0.3, 0.4) is 0 Å². The van der Waals surface area contributed by atoms with E-state index in [1.807, 2.05) is 50.2 Å². The average Bonchev–Trinajstić information content (AvgIpc) is 2.51. The summed E-state index contributed by atoms with van der Waals surface area (Å²) in [6.45, 7) is 6.59. The van der Waals surface area contributed by atoms with Crippen LogP contribution in [0.2, 0.25) is 0 Å². The maximum atomic E-state index is 12.1. The van der Waals surface area contributed by atoms with E-state index in [1.165, 1.54) is 11.1 Å². The van der Waals surface area contributed by atoms with Crippen molar-refractivity contribution in [2.45, 2.75) is 33.6 Å². The van der Waals surface area contributed by atoms with E-state index in [2.05, 4.69) is 12.2 Å². The highest BCUT2D eigenvalue weighted by atomic mass is 16.5. The summed E-state index contributed by atoms with van der Waals surface area (Å²) in [6, 6.07) is 11.6. The van der Waals surface area contributed by atoms with E-state index in [1.54, 1.807) is 0 Å². The molecular formula is C19H24N2O2. The Bertz CT molecular complexity index is 696. The van der Waals surface area contributed by atoms with Gasteiger partial charge in [-0.3, -0.25) is 4.79 Å². The Labute approximate surface area is 137 Å². The van der Waals surface area contributed by atoms with E-state index in [0.717, 1.165) is 11.3 Å². The van der Waals surface area contributed by atoms with Crippen molar-refractivity contribution in [2.75, 3.05) is 17.7 Å². The summed E-state index contributed by atoms with van der Waals surface area (Å²) in [5.74, 6) is 0.691. The minimum Gasteiger partial charge on any atom is -0.492 e. The molecule has 0 aliphatic rings. The molecule has 2 aromatic rings. The third-order valence-corrected chi connectivity index (χ3v) is 3.81. The Morgan fingerprint density at radius 1 is 1.13 bits per heavy atom. The molecular weight excluding hydrogens is 288 g/mol. The zero-order valence-corrected chi connectivity index (χ0v) is 14.0. The SMILES string of the molecule is CCOc1ccc(CCC(=O)Nc2ccc(C)c(C)c2)cc1N. The summed E-state index contributed by atoms with van der Waals surface area (Å²) in [5.41, 5.74) is 10.8. The van der Waals surface area contributed by atoms with Crippen LogP contribution in [0, 0.1) is 13.8 Å². The lowest BCUT2D eigenvalue weighted by Gasteiger charge is -2.10. The summed E-state index contributed by atoms with van der Waals surface area (Å²) in [5, 5.41) is 2.93. The Balaban J connectivity index is 1.91. The molecule has 0 heterocycles. The first kappa shape index (κ1) is 16.9. The minimum atomic E-state index is 0.000657. The lowest BCUT2D eigenvalue weighted by molar-refractivity contribution is -0.116. The number of nitrogens with one attached hydrogen (secondary N) is 1. The average molecular weight is 312 g/mol. The van der Waals surface area contributed by atoms with Gasteiger partial charge in [-0.15, -0.1) is 0 Å². The van der Waals surface area contributed by atoms with Crippen molar-refractivity contribution >= 4 is 17.3 Å². The molecule has 122 valence electrons. The molecule has 1 amide bonds. The highest BCUT2D eigenvalue weighted by molar-refractivity contribution is 5.91. The first-order valence-corrected chi connectivity index (χ1v) is 7.88. The molecule has 2 rings (SSSR count). The van der Waals surface area contributed by atoms with E-state index in [4.69, 9.17) is 10.5 Å². The number of anilines is 2. The van der Waals surface area contributed by atoms with Gasteiger partial charge in [0.15, 0.2) is 0 Å². The summed E-state index contributed by atoms with van der Waals surface area (Å²) in [6.07, 6.45) is 1.06. The molecule has 0 radical (unpaired) electrons. The first-order valence-electron chi connectivity index (χ1n) is 7.88. The molecule has 4 nitrogen and oxygen atoms in total. The van der Waals surface area contributed by atoms with Gasteiger partial charge in [-0.2, -0.15) is 0 Å². The fourth-order valence-corrected chi connectivity index (χ4v) is 2.34. The number of amides is 1. The lowest BCUT2D eigenvalue weighted by Crippen LogP contribution is -2.12. The number of ether oxygens (including phenoxy) is 1. The number of carbonyl (C=O) groups is 1. The number of rotatable bonds is 6. The van der Waals surface area contributed by atoms with Crippen molar-refractivity contribution in [3.05, 3.63) is 53.1 Å². The Hall–Kier alpha value is -2.49. The van der Waals surface area contributed by atoms with Crippen LogP contribution in [-0.2, 0) is 11.2 Å². The van der Waals surface area contributed by atoms with Gasteiger partial charge in [-0.1, -0.05) is 12.1 Å². The minimum absolute atomic E-state index is 0.000657. The molecule has 0 bridgehead atoms. The molecule has 0 aromatic heterocycles. The van der Waals surface area contributed by atoms with E-state index in [9.17, 15) is 4.79 Å². The second-order valence-corrected chi connectivity index (χ2v) is 5.65. The normalized spacial score (nSPS) is 10.4. The molecule has 0 saturated heterocycles. The van der Waals surface area contributed by atoms with Crippen LogP contribution in [0.1, 0.15) is 30.0 Å². The van der Waals surface area contributed by atoms with Gasteiger partial charge >= 0.3 is 0 Å². The molecule has 0 atom stereocenters. The van der Waals surface area contributed by atoms with Crippen molar-refractivity contribution in [2.24, 2.45) is 0 Å². The monoisotopic (exact) mass is 312 g/mol. The predicted molar refractivity (Wildman–Crippen MR) is 94.9 cm³/mol. The smallest absolute Gasteiger partial charge is 0.224 e. The number of nitrogen functional groups attached to an aromatic ring is 1. The predicted octanol–water partition coefficient (Wildman–Crippen LogP) is 3.86. The summed E-state index contributed by atoms with van der Waals surface area (Å²) >= 11 is 0. The number of benzene rings is 2. The molecule has 0 aliphatic heterocycles.